The van der Waals surface area contributed by atoms with Crippen LogP contribution in [0.15, 0.2) is 24.3 Å². The molecule has 0 aromatic heterocycles. The van der Waals surface area contributed by atoms with Crippen LogP contribution in [-0.4, -0.2) is 33.2 Å². The smallest absolute Gasteiger partial charge is 0.0709 e. The molecule has 0 aliphatic carbocycles. The van der Waals surface area contributed by atoms with Gasteiger partial charge in [-0.05, 0) is 30.5 Å². The number of aliphatic hydroxyl groups excluding tert-OH is 1. The van der Waals surface area contributed by atoms with Crippen molar-refractivity contribution in [2.45, 2.75) is 36.4 Å². The first-order valence-electron chi connectivity index (χ1n) is 6.36. The first-order chi connectivity index (χ1) is 8.70. The molecule has 1 aliphatic rings. The van der Waals surface area contributed by atoms with Gasteiger partial charge in [-0.2, -0.15) is 23.5 Å². The lowest BCUT2D eigenvalue weighted by Gasteiger charge is -2.33. The average molecular weight is 303 g/mol. The molecule has 4 heteroatoms. The summed E-state index contributed by atoms with van der Waals surface area (Å²) in [5.74, 6) is 2.37. The van der Waals surface area contributed by atoms with Crippen LogP contribution >= 0.6 is 35.1 Å². The van der Waals surface area contributed by atoms with Crippen molar-refractivity contribution in [1.29, 1.82) is 0 Å². The zero-order valence-corrected chi connectivity index (χ0v) is 12.9. The Kier molecular flexibility index (Phi) is 5.74. The fourth-order valence-electron chi connectivity index (χ4n) is 2.27. The standard InChI is InChI=1S/C14H19ClOS2/c1-2-13-14(18-8-7-17-13)12(16)9-10-3-5-11(15)6-4-10/h3-6,12-14,16H,2,7-9H2,1H3. The molecule has 0 bridgehead atoms. The molecule has 1 aromatic carbocycles. The van der Waals surface area contributed by atoms with Crippen LogP contribution in [0.25, 0.3) is 0 Å². The highest BCUT2D eigenvalue weighted by atomic mass is 35.5. The molecule has 3 atom stereocenters. The summed E-state index contributed by atoms with van der Waals surface area (Å²) in [6.07, 6.45) is 1.61. The molecule has 1 aromatic rings. The molecule has 0 spiro atoms. The van der Waals surface area contributed by atoms with Crippen molar-refractivity contribution in [3.05, 3.63) is 34.9 Å². The third-order valence-electron chi connectivity index (χ3n) is 3.23. The van der Waals surface area contributed by atoms with Crippen LogP contribution in [0.1, 0.15) is 18.9 Å². The van der Waals surface area contributed by atoms with Gasteiger partial charge in [0.05, 0.1) is 6.10 Å². The second-order valence-corrected chi connectivity index (χ2v) is 7.62. The summed E-state index contributed by atoms with van der Waals surface area (Å²) in [5, 5.41) is 12.1. The van der Waals surface area contributed by atoms with Crippen LogP contribution < -0.4 is 0 Å². The van der Waals surface area contributed by atoms with Gasteiger partial charge in [0, 0.05) is 27.0 Å². The Morgan fingerprint density at radius 3 is 2.61 bits per heavy atom. The van der Waals surface area contributed by atoms with E-state index >= 15 is 0 Å². The maximum absolute atomic E-state index is 10.4. The molecular formula is C14H19ClOS2. The Hall–Kier alpha value is 0.170. The van der Waals surface area contributed by atoms with Crippen molar-refractivity contribution in [1.82, 2.24) is 0 Å². The lowest BCUT2D eigenvalue weighted by molar-refractivity contribution is 0.169. The van der Waals surface area contributed by atoms with E-state index < -0.39 is 0 Å². The molecule has 2 rings (SSSR count). The van der Waals surface area contributed by atoms with Gasteiger partial charge in [-0.1, -0.05) is 30.7 Å². The SMILES string of the molecule is CCC1SCCSC1C(O)Cc1ccc(Cl)cc1. The van der Waals surface area contributed by atoms with Gasteiger partial charge >= 0.3 is 0 Å². The summed E-state index contributed by atoms with van der Waals surface area (Å²) in [4.78, 5) is 0. The van der Waals surface area contributed by atoms with Crippen LogP contribution in [0, 0.1) is 0 Å². The zero-order valence-electron chi connectivity index (χ0n) is 10.5. The summed E-state index contributed by atoms with van der Waals surface area (Å²) in [7, 11) is 0. The van der Waals surface area contributed by atoms with Gasteiger partial charge in [0.2, 0.25) is 0 Å². The van der Waals surface area contributed by atoms with E-state index in [0.29, 0.717) is 10.5 Å². The molecular weight excluding hydrogens is 284 g/mol. The molecule has 1 fully saturated rings. The van der Waals surface area contributed by atoms with Gasteiger partial charge < -0.3 is 5.11 Å². The summed E-state index contributed by atoms with van der Waals surface area (Å²) < 4.78 is 0. The second-order valence-electron chi connectivity index (χ2n) is 4.55. The maximum Gasteiger partial charge on any atom is 0.0709 e. The normalized spacial score (nSPS) is 25.9. The second kappa shape index (κ2) is 7.09. The van der Waals surface area contributed by atoms with Crippen molar-refractivity contribution < 1.29 is 5.11 Å². The van der Waals surface area contributed by atoms with Gasteiger partial charge in [-0.15, -0.1) is 0 Å². The number of benzene rings is 1. The molecule has 1 nitrogen and oxygen atoms in total. The Labute approximate surface area is 123 Å². The van der Waals surface area contributed by atoms with Crippen molar-refractivity contribution in [2.24, 2.45) is 0 Å². The molecule has 0 radical (unpaired) electrons. The monoisotopic (exact) mass is 302 g/mol. The van der Waals surface area contributed by atoms with Crippen molar-refractivity contribution in [2.75, 3.05) is 11.5 Å². The Bertz CT molecular complexity index is 369. The number of thioether (sulfide) groups is 2. The number of aliphatic hydroxyl groups is 1. The number of hydrogen-bond acceptors (Lipinski definition) is 3. The summed E-state index contributed by atoms with van der Waals surface area (Å²) in [5.41, 5.74) is 1.16. The summed E-state index contributed by atoms with van der Waals surface area (Å²) in [6, 6.07) is 7.80. The molecule has 1 aliphatic heterocycles. The van der Waals surface area contributed by atoms with E-state index in [0.717, 1.165) is 29.2 Å². The lowest BCUT2D eigenvalue weighted by Crippen LogP contribution is -2.37. The van der Waals surface area contributed by atoms with Crippen LogP contribution in [0.4, 0.5) is 0 Å². The topological polar surface area (TPSA) is 20.2 Å². The highest BCUT2D eigenvalue weighted by Gasteiger charge is 2.30. The third-order valence-corrected chi connectivity index (χ3v) is 6.88. The summed E-state index contributed by atoms with van der Waals surface area (Å²) >= 11 is 9.81. The minimum atomic E-state index is -0.256. The van der Waals surface area contributed by atoms with E-state index in [9.17, 15) is 5.11 Å². The third kappa shape index (κ3) is 3.83. The first-order valence-corrected chi connectivity index (χ1v) is 8.84. The lowest BCUT2D eigenvalue weighted by atomic mass is 10.0. The minimum absolute atomic E-state index is 0.256. The van der Waals surface area contributed by atoms with Crippen molar-refractivity contribution in [3.63, 3.8) is 0 Å². The molecule has 1 heterocycles. The van der Waals surface area contributed by atoms with E-state index in [1.807, 2.05) is 47.8 Å². The molecule has 18 heavy (non-hydrogen) atoms. The number of hydrogen-bond donors (Lipinski definition) is 1. The Morgan fingerprint density at radius 1 is 1.28 bits per heavy atom. The molecule has 100 valence electrons. The minimum Gasteiger partial charge on any atom is -0.392 e. The zero-order chi connectivity index (χ0) is 13.0. The van der Waals surface area contributed by atoms with Crippen LogP contribution in [0.3, 0.4) is 0 Å². The highest BCUT2D eigenvalue weighted by molar-refractivity contribution is 8.07. The highest BCUT2D eigenvalue weighted by Crippen LogP contribution is 2.36. The van der Waals surface area contributed by atoms with E-state index in [1.54, 1.807) is 0 Å². The Balaban J connectivity index is 1.97. The largest absolute Gasteiger partial charge is 0.392 e. The van der Waals surface area contributed by atoms with E-state index in [4.69, 9.17) is 11.6 Å². The first kappa shape index (κ1) is 14.6. The predicted molar refractivity (Wildman–Crippen MR) is 83.9 cm³/mol. The van der Waals surface area contributed by atoms with Crippen molar-refractivity contribution >= 4 is 35.1 Å². The van der Waals surface area contributed by atoms with Gasteiger partial charge in [0.15, 0.2) is 0 Å². The summed E-state index contributed by atoms with van der Waals surface area (Å²) in [6.45, 7) is 2.21. The average Bonchev–Trinajstić information content (AvgIpc) is 2.41. The molecule has 1 N–H and O–H groups in total. The number of rotatable bonds is 4. The van der Waals surface area contributed by atoms with E-state index in [2.05, 4.69) is 6.92 Å². The molecule has 1 saturated heterocycles. The van der Waals surface area contributed by atoms with E-state index in [1.165, 1.54) is 5.75 Å². The van der Waals surface area contributed by atoms with Gasteiger partial charge in [0.1, 0.15) is 0 Å². The predicted octanol–water partition coefficient (Wildman–Crippen LogP) is 3.87. The van der Waals surface area contributed by atoms with Gasteiger partial charge in [-0.25, -0.2) is 0 Å². The number of halogens is 1. The quantitative estimate of drug-likeness (QED) is 0.912. The van der Waals surface area contributed by atoms with Crippen molar-refractivity contribution in [3.8, 4) is 0 Å². The maximum atomic E-state index is 10.4. The van der Waals surface area contributed by atoms with Gasteiger partial charge in [-0.3, -0.25) is 0 Å². The van der Waals surface area contributed by atoms with Crippen LogP contribution in [0.2, 0.25) is 5.02 Å². The Morgan fingerprint density at radius 2 is 1.94 bits per heavy atom. The van der Waals surface area contributed by atoms with Gasteiger partial charge in [0.25, 0.3) is 0 Å². The molecule has 0 amide bonds. The molecule has 3 unspecified atom stereocenters. The van der Waals surface area contributed by atoms with E-state index in [-0.39, 0.29) is 6.10 Å². The fraction of sp³-hybridized carbons (Fsp3) is 0.571. The van der Waals surface area contributed by atoms with Crippen LogP contribution in [0.5, 0.6) is 0 Å². The van der Waals surface area contributed by atoms with Crippen LogP contribution in [-0.2, 0) is 6.42 Å². The fourth-order valence-corrected chi connectivity index (χ4v) is 5.55. The molecule has 0 saturated carbocycles.